The van der Waals surface area contributed by atoms with Gasteiger partial charge in [-0.15, -0.1) is 0 Å². The van der Waals surface area contributed by atoms with Crippen LogP contribution in [0.3, 0.4) is 0 Å². The van der Waals surface area contributed by atoms with Gasteiger partial charge >= 0.3 is 12.2 Å². The fourth-order valence-corrected chi connectivity index (χ4v) is 2.49. The average molecular weight is 329 g/mol. The second kappa shape index (κ2) is 5.27. The number of furan rings is 1. The molecule has 2 N–H and O–H groups in total. The molecule has 0 radical (unpaired) electrons. The van der Waals surface area contributed by atoms with Crippen molar-refractivity contribution in [2.24, 2.45) is 5.16 Å². The van der Waals surface area contributed by atoms with Crippen molar-refractivity contribution in [3.8, 4) is 17.2 Å². The average Bonchev–Trinajstić information content (AvgIpc) is 3.13. The lowest BCUT2D eigenvalue weighted by Gasteiger charge is -2.18. The summed E-state index contributed by atoms with van der Waals surface area (Å²) in [5.41, 5.74) is 0.132. The Bertz CT molecular complexity index is 787. The van der Waals surface area contributed by atoms with E-state index < -0.39 is 24.4 Å². The van der Waals surface area contributed by atoms with Gasteiger partial charge in [0.15, 0.2) is 11.3 Å². The van der Waals surface area contributed by atoms with E-state index in [9.17, 15) is 19.0 Å². The summed E-state index contributed by atoms with van der Waals surface area (Å²) in [6.45, 7) is 0. The number of rotatable bonds is 4. The zero-order valence-corrected chi connectivity index (χ0v) is 12.2. The highest BCUT2D eigenvalue weighted by Gasteiger charge is 2.48. The third kappa shape index (κ3) is 2.15. The molecule has 0 bridgehead atoms. The van der Waals surface area contributed by atoms with Crippen LogP contribution in [0.25, 0.3) is 11.0 Å². The molecule has 1 aliphatic heterocycles. The smallest absolute Gasteiger partial charge is 0.305 e. The number of phenols is 1. The van der Waals surface area contributed by atoms with Gasteiger partial charge in [0.05, 0.1) is 37.9 Å². The summed E-state index contributed by atoms with van der Waals surface area (Å²) in [4.78, 5) is 4.45. The Balaban J connectivity index is 2.20. The lowest BCUT2D eigenvalue weighted by atomic mass is 9.98. The minimum absolute atomic E-state index is 0.00372. The van der Waals surface area contributed by atoms with Gasteiger partial charge in [-0.05, 0) is 6.07 Å². The van der Waals surface area contributed by atoms with Gasteiger partial charge in [-0.1, -0.05) is 5.16 Å². The molecule has 1 aromatic heterocycles. The number of aliphatic hydroxyl groups is 1. The predicted molar refractivity (Wildman–Crippen MR) is 74.2 cm³/mol. The highest BCUT2D eigenvalue weighted by atomic mass is 19.3. The van der Waals surface area contributed by atoms with Gasteiger partial charge in [0.1, 0.15) is 11.5 Å². The van der Waals surface area contributed by atoms with Crippen LogP contribution in [0.1, 0.15) is 12.0 Å². The first-order chi connectivity index (χ1) is 10.9. The molecule has 2 aromatic rings. The molecule has 9 heteroatoms. The van der Waals surface area contributed by atoms with Crippen LogP contribution in [0.5, 0.6) is 17.2 Å². The Labute approximate surface area is 128 Å². The number of halogens is 2. The van der Waals surface area contributed by atoms with Crippen LogP contribution in [0, 0.1) is 0 Å². The molecule has 7 nitrogen and oxygen atoms in total. The second-order valence-electron chi connectivity index (χ2n) is 4.91. The lowest BCUT2D eigenvalue weighted by molar-refractivity contribution is -0.253. The molecule has 0 saturated carbocycles. The number of aromatic hydroxyl groups is 1. The van der Waals surface area contributed by atoms with Gasteiger partial charge < -0.3 is 28.9 Å². The SMILES string of the molecule is COc1c(C2=NO[C@](O)(C(F)F)C2)c(O)c(OC)c2occc12. The summed E-state index contributed by atoms with van der Waals surface area (Å²) in [6, 6.07) is 1.56. The van der Waals surface area contributed by atoms with Crippen LogP contribution in [0.4, 0.5) is 8.78 Å². The zero-order valence-electron chi connectivity index (χ0n) is 12.2. The lowest BCUT2D eigenvalue weighted by Crippen LogP contribution is -2.37. The minimum Gasteiger partial charge on any atom is -0.504 e. The first-order valence-corrected chi connectivity index (χ1v) is 6.53. The maximum absolute atomic E-state index is 12.9. The molecule has 0 unspecified atom stereocenters. The highest BCUT2D eigenvalue weighted by Crippen LogP contribution is 2.47. The number of methoxy groups -OCH3 is 2. The molecular formula is C14H13F2NO6. The predicted octanol–water partition coefficient (Wildman–Crippen LogP) is 2.23. The molecule has 2 heterocycles. The Hall–Kier alpha value is -2.55. The van der Waals surface area contributed by atoms with E-state index in [1.54, 1.807) is 6.07 Å². The van der Waals surface area contributed by atoms with E-state index in [0.717, 1.165) is 0 Å². The number of alkyl halides is 2. The molecular weight excluding hydrogens is 316 g/mol. The van der Waals surface area contributed by atoms with Crippen LogP contribution in [-0.2, 0) is 4.84 Å². The van der Waals surface area contributed by atoms with Crippen LogP contribution in [-0.4, -0.2) is 42.4 Å². The Morgan fingerprint density at radius 2 is 2.00 bits per heavy atom. The van der Waals surface area contributed by atoms with Crippen molar-refractivity contribution in [1.29, 1.82) is 0 Å². The van der Waals surface area contributed by atoms with E-state index >= 15 is 0 Å². The van der Waals surface area contributed by atoms with E-state index in [1.807, 2.05) is 0 Å². The topological polar surface area (TPSA) is 93.7 Å². The molecule has 0 saturated heterocycles. The molecule has 124 valence electrons. The number of phenolic OH excluding ortho intramolecular Hbond substituents is 1. The summed E-state index contributed by atoms with van der Waals surface area (Å²) in [6.07, 6.45) is -2.43. The number of nitrogens with zero attached hydrogens (tertiary/aromatic N) is 1. The molecule has 3 rings (SSSR count). The third-order valence-electron chi connectivity index (χ3n) is 3.57. The first kappa shape index (κ1) is 15.3. The van der Waals surface area contributed by atoms with Gasteiger partial charge in [0.25, 0.3) is 0 Å². The quantitative estimate of drug-likeness (QED) is 0.893. The summed E-state index contributed by atoms with van der Waals surface area (Å²) in [5, 5.41) is 24.0. The molecule has 0 aliphatic carbocycles. The van der Waals surface area contributed by atoms with Crippen molar-refractivity contribution in [3.05, 3.63) is 17.9 Å². The van der Waals surface area contributed by atoms with E-state index in [-0.39, 0.29) is 28.4 Å². The highest BCUT2D eigenvalue weighted by molar-refractivity contribution is 6.12. The van der Waals surface area contributed by atoms with Crippen molar-refractivity contribution in [2.75, 3.05) is 14.2 Å². The van der Waals surface area contributed by atoms with Gasteiger partial charge in [-0.3, -0.25) is 0 Å². The molecule has 0 spiro atoms. The number of benzene rings is 1. The van der Waals surface area contributed by atoms with Crippen LogP contribution in [0.2, 0.25) is 0 Å². The number of hydrogen-bond acceptors (Lipinski definition) is 7. The molecule has 0 amide bonds. The van der Waals surface area contributed by atoms with E-state index in [2.05, 4.69) is 9.99 Å². The van der Waals surface area contributed by atoms with Crippen LogP contribution < -0.4 is 9.47 Å². The number of hydrogen-bond donors (Lipinski definition) is 2. The largest absolute Gasteiger partial charge is 0.504 e. The fraction of sp³-hybridized carbons (Fsp3) is 0.357. The molecule has 1 atom stereocenters. The van der Waals surface area contributed by atoms with E-state index in [4.69, 9.17) is 13.9 Å². The van der Waals surface area contributed by atoms with E-state index in [1.165, 1.54) is 20.5 Å². The number of fused-ring (bicyclic) bond motifs is 1. The second-order valence-corrected chi connectivity index (χ2v) is 4.91. The van der Waals surface area contributed by atoms with Crippen molar-refractivity contribution in [2.45, 2.75) is 18.6 Å². The molecule has 23 heavy (non-hydrogen) atoms. The standard InChI is InChI=1S/C14H13F2NO6/c1-20-10-6-3-4-22-11(6)12(21-2)9(18)8(10)7-5-14(19,13(15)16)23-17-7/h3-4,13,18-19H,5H2,1-2H3/t14-/m0/s1. The zero-order chi connectivity index (χ0) is 16.8. The summed E-state index contributed by atoms with van der Waals surface area (Å²) >= 11 is 0. The van der Waals surface area contributed by atoms with Crippen molar-refractivity contribution < 1.29 is 37.7 Å². The molecule has 0 fully saturated rings. The van der Waals surface area contributed by atoms with Gasteiger partial charge in [-0.25, -0.2) is 8.78 Å². The first-order valence-electron chi connectivity index (χ1n) is 6.53. The Morgan fingerprint density at radius 3 is 2.57 bits per heavy atom. The summed E-state index contributed by atoms with van der Waals surface area (Å²) < 4.78 is 41.3. The number of oxime groups is 1. The summed E-state index contributed by atoms with van der Waals surface area (Å²) in [7, 11) is 2.66. The number of ether oxygens (including phenoxy) is 2. The maximum Gasteiger partial charge on any atom is 0.305 e. The van der Waals surface area contributed by atoms with Crippen molar-refractivity contribution in [3.63, 3.8) is 0 Å². The minimum atomic E-state index is -3.17. The van der Waals surface area contributed by atoms with Crippen molar-refractivity contribution in [1.82, 2.24) is 0 Å². The van der Waals surface area contributed by atoms with E-state index in [0.29, 0.717) is 5.39 Å². The fourth-order valence-electron chi connectivity index (χ4n) is 2.49. The Morgan fingerprint density at radius 1 is 1.30 bits per heavy atom. The Kier molecular flexibility index (Phi) is 3.52. The summed E-state index contributed by atoms with van der Waals surface area (Å²) in [5.74, 6) is -3.01. The van der Waals surface area contributed by atoms with Gasteiger partial charge in [-0.2, -0.15) is 0 Å². The molecule has 1 aliphatic rings. The van der Waals surface area contributed by atoms with Gasteiger partial charge in [0, 0.05) is 0 Å². The maximum atomic E-state index is 12.9. The van der Waals surface area contributed by atoms with Crippen LogP contribution >= 0.6 is 0 Å². The monoisotopic (exact) mass is 329 g/mol. The van der Waals surface area contributed by atoms with Crippen LogP contribution in [0.15, 0.2) is 21.9 Å². The normalized spacial score (nSPS) is 20.7. The molecule has 1 aromatic carbocycles. The third-order valence-corrected chi connectivity index (χ3v) is 3.57. The van der Waals surface area contributed by atoms with Gasteiger partial charge in [0.2, 0.25) is 5.75 Å². The van der Waals surface area contributed by atoms with Crippen molar-refractivity contribution >= 4 is 16.7 Å².